The van der Waals surface area contributed by atoms with Gasteiger partial charge in [0, 0.05) is 18.3 Å². The Morgan fingerprint density at radius 2 is 1.64 bits per heavy atom. The lowest BCUT2D eigenvalue weighted by atomic mass is 10.1. The Kier molecular flexibility index (Phi) is 7.14. The molecule has 1 atom stereocenters. The molecule has 7 heteroatoms. The molecule has 2 aromatic rings. The molecule has 2 amide bonds. The number of aliphatic carboxylic acids is 1. The number of hydrogen-bond acceptors (Lipinski definition) is 4. The Balaban J connectivity index is 1.93. The molecular weight excluding hydrogens is 360 g/mol. The molecule has 0 heterocycles. The van der Waals surface area contributed by atoms with Crippen molar-refractivity contribution in [3.05, 3.63) is 60.2 Å². The Hall–Kier alpha value is -3.35. The van der Waals surface area contributed by atoms with Crippen LogP contribution < -0.4 is 15.0 Å². The average molecular weight is 384 g/mol. The summed E-state index contributed by atoms with van der Waals surface area (Å²) >= 11 is 0. The molecule has 0 saturated heterocycles. The molecule has 0 fully saturated rings. The van der Waals surface area contributed by atoms with E-state index in [1.54, 1.807) is 69.4 Å². The highest BCUT2D eigenvalue weighted by Crippen LogP contribution is 2.20. The molecule has 0 aliphatic heterocycles. The van der Waals surface area contributed by atoms with Crippen molar-refractivity contribution in [3.63, 3.8) is 0 Å². The van der Waals surface area contributed by atoms with Gasteiger partial charge < -0.3 is 20.1 Å². The molecular formula is C21H24N2O5. The number of carboxylic acid groups (broad SMARTS) is 1. The number of amides is 2. The molecule has 0 aliphatic rings. The van der Waals surface area contributed by atoms with Crippen LogP contribution in [0.2, 0.25) is 0 Å². The van der Waals surface area contributed by atoms with Crippen LogP contribution in [0.15, 0.2) is 54.6 Å². The van der Waals surface area contributed by atoms with E-state index in [0.717, 1.165) is 0 Å². The van der Waals surface area contributed by atoms with Crippen LogP contribution in [-0.4, -0.2) is 42.6 Å². The van der Waals surface area contributed by atoms with E-state index >= 15 is 0 Å². The maximum Gasteiger partial charge on any atom is 0.326 e. The summed E-state index contributed by atoms with van der Waals surface area (Å²) in [5, 5.41) is 11.5. The van der Waals surface area contributed by atoms with E-state index in [-0.39, 0.29) is 18.4 Å². The van der Waals surface area contributed by atoms with E-state index < -0.39 is 17.9 Å². The first-order chi connectivity index (χ1) is 13.3. The zero-order valence-electron chi connectivity index (χ0n) is 16.1. The maximum absolute atomic E-state index is 12.5. The fourth-order valence-corrected chi connectivity index (χ4v) is 2.54. The Morgan fingerprint density at radius 1 is 1.04 bits per heavy atom. The minimum Gasteiger partial charge on any atom is -0.484 e. The molecule has 2 rings (SSSR count). The normalized spacial score (nSPS) is 11.6. The van der Waals surface area contributed by atoms with Crippen LogP contribution in [0.1, 0.15) is 24.2 Å². The van der Waals surface area contributed by atoms with Crippen molar-refractivity contribution in [3.8, 4) is 5.75 Å². The molecule has 1 unspecified atom stereocenters. The lowest BCUT2D eigenvalue weighted by Gasteiger charge is -2.19. The highest BCUT2D eigenvalue weighted by atomic mass is 16.5. The van der Waals surface area contributed by atoms with Crippen LogP contribution in [0, 0.1) is 5.92 Å². The third-order valence-electron chi connectivity index (χ3n) is 4.17. The van der Waals surface area contributed by atoms with Gasteiger partial charge in [-0.1, -0.05) is 32.0 Å². The summed E-state index contributed by atoms with van der Waals surface area (Å²) < 4.78 is 5.40. The van der Waals surface area contributed by atoms with Crippen LogP contribution in [0.4, 0.5) is 5.69 Å². The van der Waals surface area contributed by atoms with Crippen LogP contribution in [-0.2, 0) is 9.59 Å². The quantitative estimate of drug-likeness (QED) is 0.729. The van der Waals surface area contributed by atoms with Gasteiger partial charge in [0.15, 0.2) is 6.61 Å². The van der Waals surface area contributed by atoms with Gasteiger partial charge in [-0.2, -0.15) is 0 Å². The second-order valence-electron chi connectivity index (χ2n) is 6.64. The van der Waals surface area contributed by atoms with Crippen molar-refractivity contribution in [2.24, 2.45) is 5.92 Å². The second kappa shape index (κ2) is 9.55. The second-order valence-corrected chi connectivity index (χ2v) is 6.64. The van der Waals surface area contributed by atoms with Crippen LogP contribution in [0.25, 0.3) is 0 Å². The minimum atomic E-state index is -1.08. The van der Waals surface area contributed by atoms with E-state index in [4.69, 9.17) is 9.84 Å². The van der Waals surface area contributed by atoms with E-state index in [1.165, 1.54) is 4.90 Å². The fourth-order valence-electron chi connectivity index (χ4n) is 2.54. The molecule has 0 spiro atoms. The summed E-state index contributed by atoms with van der Waals surface area (Å²) in [6, 6.07) is 14.7. The first-order valence-electron chi connectivity index (χ1n) is 8.87. The third-order valence-corrected chi connectivity index (χ3v) is 4.17. The number of benzene rings is 2. The smallest absolute Gasteiger partial charge is 0.326 e. The summed E-state index contributed by atoms with van der Waals surface area (Å²) in [6.07, 6.45) is 0. The average Bonchev–Trinajstić information content (AvgIpc) is 2.70. The number of carbonyl (C=O) groups excluding carboxylic acids is 2. The predicted octanol–water partition coefficient (Wildman–Crippen LogP) is 2.57. The van der Waals surface area contributed by atoms with Gasteiger partial charge in [0.25, 0.3) is 11.8 Å². The van der Waals surface area contributed by atoms with Crippen molar-refractivity contribution in [2.75, 3.05) is 18.6 Å². The summed E-state index contributed by atoms with van der Waals surface area (Å²) in [5.41, 5.74) is 1.26. The lowest BCUT2D eigenvalue weighted by Crippen LogP contribution is -2.46. The van der Waals surface area contributed by atoms with E-state index in [0.29, 0.717) is 17.0 Å². The number of nitrogens with zero attached hydrogens (tertiary/aromatic N) is 1. The van der Waals surface area contributed by atoms with Gasteiger partial charge in [0.2, 0.25) is 0 Å². The number of nitrogens with one attached hydrogen (secondary N) is 1. The van der Waals surface area contributed by atoms with Crippen molar-refractivity contribution in [2.45, 2.75) is 19.9 Å². The summed E-state index contributed by atoms with van der Waals surface area (Å²) in [5.74, 6) is -1.53. The van der Waals surface area contributed by atoms with Crippen molar-refractivity contribution >= 4 is 23.5 Å². The van der Waals surface area contributed by atoms with E-state index in [2.05, 4.69) is 5.32 Å². The van der Waals surface area contributed by atoms with Gasteiger partial charge in [-0.25, -0.2) is 4.79 Å². The molecule has 2 aromatic carbocycles. The molecule has 0 aromatic heterocycles. The van der Waals surface area contributed by atoms with Gasteiger partial charge in [-0.3, -0.25) is 9.59 Å². The van der Waals surface area contributed by atoms with Gasteiger partial charge in [0.05, 0.1) is 0 Å². The molecule has 7 nitrogen and oxygen atoms in total. The molecule has 0 saturated carbocycles. The number of anilines is 1. The van der Waals surface area contributed by atoms with Gasteiger partial charge in [0.1, 0.15) is 11.8 Å². The summed E-state index contributed by atoms with van der Waals surface area (Å²) in [4.78, 5) is 37.0. The maximum atomic E-state index is 12.5. The molecule has 0 radical (unpaired) electrons. The Bertz CT molecular complexity index is 818. The standard InChI is InChI=1S/C21H24N2O5/c1-14(2)19(21(26)27)22-18(24)13-28-17-11-9-16(10-12-17)23(3)20(25)15-7-5-4-6-8-15/h4-12,14,19H,13H2,1-3H3,(H,22,24)(H,26,27). The Labute approximate surface area is 163 Å². The van der Waals surface area contributed by atoms with Gasteiger partial charge in [-0.05, 0) is 42.3 Å². The van der Waals surface area contributed by atoms with Crippen LogP contribution in [0.3, 0.4) is 0 Å². The zero-order chi connectivity index (χ0) is 20.7. The first-order valence-corrected chi connectivity index (χ1v) is 8.87. The molecule has 28 heavy (non-hydrogen) atoms. The summed E-state index contributed by atoms with van der Waals surface area (Å²) in [7, 11) is 1.68. The zero-order valence-corrected chi connectivity index (χ0v) is 16.1. The number of rotatable bonds is 8. The van der Waals surface area contributed by atoms with Crippen molar-refractivity contribution in [1.29, 1.82) is 0 Å². The topological polar surface area (TPSA) is 95.9 Å². The number of hydrogen-bond donors (Lipinski definition) is 2. The van der Waals surface area contributed by atoms with Crippen molar-refractivity contribution in [1.82, 2.24) is 5.32 Å². The number of ether oxygens (including phenoxy) is 1. The fraction of sp³-hybridized carbons (Fsp3) is 0.286. The highest BCUT2D eigenvalue weighted by Gasteiger charge is 2.23. The largest absolute Gasteiger partial charge is 0.484 e. The van der Waals surface area contributed by atoms with E-state index in [9.17, 15) is 14.4 Å². The minimum absolute atomic E-state index is 0.137. The highest BCUT2D eigenvalue weighted by molar-refractivity contribution is 6.05. The first kappa shape index (κ1) is 21.0. The van der Waals surface area contributed by atoms with Gasteiger partial charge >= 0.3 is 5.97 Å². The SMILES string of the molecule is CC(C)C(NC(=O)COc1ccc(N(C)C(=O)c2ccccc2)cc1)C(=O)O. The molecule has 0 bridgehead atoms. The molecule has 2 N–H and O–H groups in total. The van der Waals surface area contributed by atoms with Crippen molar-refractivity contribution < 1.29 is 24.2 Å². The monoisotopic (exact) mass is 384 g/mol. The Morgan fingerprint density at radius 3 is 2.18 bits per heavy atom. The van der Waals surface area contributed by atoms with Crippen LogP contribution >= 0.6 is 0 Å². The molecule has 148 valence electrons. The molecule has 0 aliphatic carbocycles. The summed E-state index contributed by atoms with van der Waals surface area (Å²) in [6.45, 7) is 3.13. The number of carbonyl (C=O) groups is 3. The number of carboxylic acids is 1. The third kappa shape index (κ3) is 5.57. The lowest BCUT2D eigenvalue weighted by molar-refractivity contribution is -0.143. The van der Waals surface area contributed by atoms with Gasteiger partial charge in [-0.15, -0.1) is 0 Å². The van der Waals surface area contributed by atoms with Crippen LogP contribution in [0.5, 0.6) is 5.75 Å². The van der Waals surface area contributed by atoms with E-state index in [1.807, 2.05) is 6.07 Å². The predicted molar refractivity (Wildman–Crippen MR) is 106 cm³/mol.